The third kappa shape index (κ3) is 4.19. The van der Waals surface area contributed by atoms with E-state index < -0.39 is 48.9 Å². The molecule has 2 aliphatic rings. The van der Waals surface area contributed by atoms with Crippen LogP contribution in [0.1, 0.15) is 16.1 Å². The second kappa shape index (κ2) is 7.92. The second-order valence-corrected chi connectivity index (χ2v) is 7.39. The van der Waals surface area contributed by atoms with Gasteiger partial charge in [0.25, 0.3) is 11.8 Å². The number of alkyl halides is 5. The molecule has 0 spiro atoms. The number of ether oxygens (including phenoxy) is 2. The summed E-state index contributed by atoms with van der Waals surface area (Å²) in [4.78, 5) is 13.5. The van der Waals surface area contributed by atoms with Gasteiger partial charge in [-0.2, -0.15) is 13.2 Å². The lowest BCUT2D eigenvalue weighted by molar-refractivity contribution is -0.216. The molecule has 1 aromatic carbocycles. The number of fused-ring (bicyclic) bond motifs is 3. The largest absolute Gasteiger partial charge is 0.449 e. The van der Waals surface area contributed by atoms with Crippen molar-refractivity contribution in [1.29, 1.82) is 0 Å². The summed E-state index contributed by atoms with van der Waals surface area (Å²) in [6.45, 7) is -2.06. The fourth-order valence-corrected chi connectivity index (χ4v) is 3.63. The van der Waals surface area contributed by atoms with E-state index in [4.69, 9.17) is 19.0 Å². The molecule has 12 heteroatoms. The smallest absolute Gasteiger partial charge is 0.416 e. The highest BCUT2D eigenvalue weighted by atomic mass is 19.4. The molecular formula is C19H19F5N2O5. The maximum Gasteiger partial charge on any atom is 0.416 e. The maximum atomic E-state index is 15.0. The van der Waals surface area contributed by atoms with Crippen LogP contribution in [0.5, 0.6) is 0 Å². The molecule has 4 rings (SSSR count). The molecule has 2 atom stereocenters. The van der Waals surface area contributed by atoms with Crippen LogP contribution >= 0.6 is 0 Å². The normalized spacial score (nSPS) is 22.9. The van der Waals surface area contributed by atoms with Gasteiger partial charge in [-0.25, -0.2) is 8.78 Å². The number of rotatable bonds is 4. The van der Waals surface area contributed by atoms with E-state index in [1.54, 1.807) is 0 Å². The summed E-state index contributed by atoms with van der Waals surface area (Å²) in [5, 5.41) is 11.4. The summed E-state index contributed by atoms with van der Waals surface area (Å²) in [5.74, 6) is -4.49. The molecule has 1 amide bonds. The molecule has 0 saturated carbocycles. The Morgan fingerprint density at radius 1 is 1.16 bits per heavy atom. The van der Waals surface area contributed by atoms with Crippen molar-refractivity contribution < 1.29 is 45.7 Å². The lowest BCUT2D eigenvalue weighted by atomic mass is 10.1. The monoisotopic (exact) mass is 450 g/mol. The Balaban J connectivity index is 1.69. The summed E-state index contributed by atoms with van der Waals surface area (Å²) >= 11 is 0. The first-order chi connectivity index (χ1) is 14.6. The van der Waals surface area contributed by atoms with Crippen molar-refractivity contribution in [3.8, 4) is 0 Å². The number of halogens is 5. The number of nitrogens with one attached hydrogen (secondary N) is 1. The number of aliphatic hydroxyl groups is 1. The first-order valence-corrected chi connectivity index (χ1v) is 9.49. The van der Waals surface area contributed by atoms with Gasteiger partial charge in [0.15, 0.2) is 0 Å². The third-order valence-electron chi connectivity index (χ3n) is 5.22. The first-order valence-electron chi connectivity index (χ1n) is 9.49. The van der Waals surface area contributed by atoms with Crippen molar-refractivity contribution in [2.45, 2.75) is 24.3 Å². The zero-order chi connectivity index (χ0) is 22.4. The summed E-state index contributed by atoms with van der Waals surface area (Å²) < 4.78 is 85.3. The van der Waals surface area contributed by atoms with E-state index in [1.165, 1.54) is 0 Å². The molecule has 1 unspecified atom stereocenters. The van der Waals surface area contributed by atoms with Crippen LogP contribution in [0.25, 0.3) is 11.0 Å². The summed E-state index contributed by atoms with van der Waals surface area (Å²) in [6, 6.07) is 2.64. The average molecular weight is 450 g/mol. The van der Waals surface area contributed by atoms with Crippen LogP contribution in [-0.4, -0.2) is 68.6 Å². The van der Waals surface area contributed by atoms with Gasteiger partial charge in [0.1, 0.15) is 17.8 Å². The predicted molar refractivity (Wildman–Crippen MR) is 97.3 cm³/mol. The highest BCUT2D eigenvalue weighted by Gasteiger charge is 2.46. The van der Waals surface area contributed by atoms with Gasteiger partial charge in [-0.3, -0.25) is 4.79 Å². The number of hydrogen-bond acceptors (Lipinski definition) is 6. The van der Waals surface area contributed by atoms with Crippen LogP contribution in [-0.2, 0) is 15.7 Å². The Hall–Kier alpha value is -2.44. The molecule has 31 heavy (non-hydrogen) atoms. The van der Waals surface area contributed by atoms with Crippen molar-refractivity contribution in [2.24, 2.45) is 0 Å². The quantitative estimate of drug-likeness (QED) is 0.697. The first kappa shape index (κ1) is 21.8. The van der Waals surface area contributed by atoms with Gasteiger partial charge in [0.05, 0.1) is 37.6 Å². The molecule has 1 aromatic heterocycles. The molecule has 2 N–H and O–H groups in total. The van der Waals surface area contributed by atoms with E-state index >= 15 is 0 Å². The van der Waals surface area contributed by atoms with E-state index in [9.17, 15) is 26.7 Å². The molecule has 0 radical (unpaired) electrons. The molecule has 0 aliphatic carbocycles. The van der Waals surface area contributed by atoms with Crippen molar-refractivity contribution >= 4 is 22.6 Å². The fraction of sp³-hybridized carbons (Fsp3) is 0.526. The summed E-state index contributed by atoms with van der Waals surface area (Å²) in [7, 11) is 0. The lowest BCUT2D eigenvalue weighted by Crippen LogP contribution is -2.52. The summed E-state index contributed by atoms with van der Waals surface area (Å²) in [5.41, 5.74) is -1.13. The van der Waals surface area contributed by atoms with E-state index in [0.717, 1.165) is 23.1 Å². The van der Waals surface area contributed by atoms with E-state index in [1.807, 2.05) is 0 Å². The molecule has 2 aliphatic heterocycles. The molecule has 2 aromatic rings. The van der Waals surface area contributed by atoms with Gasteiger partial charge < -0.3 is 29.2 Å². The van der Waals surface area contributed by atoms with Crippen molar-refractivity contribution in [3.05, 3.63) is 29.5 Å². The second-order valence-electron chi connectivity index (χ2n) is 7.39. The van der Waals surface area contributed by atoms with E-state index in [-0.39, 0.29) is 48.7 Å². The van der Waals surface area contributed by atoms with Crippen LogP contribution in [0.3, 0.4) is 0 Å². The lowest BCUT2D eigenvalue weighted by Gasteiger charge is -2.36. The average Bonchev–Trinajstić information content (AvgIpc) is 3.04. The number of anilines is 1. The van der Waals surface area contributed by atoms with Crippen molar-refractivity contribution in [2.75, 3.05) is 44.4 Å². The van der Waals surface area contributed by atoms with Gasteiger partial charge in [-0.1, -0.05) is 0 Å². The Kier molecular flexibility index (Phi) is 5.56. The highest BCUT2D eigenvalue weighted by molar-refractivity contribution is 6.07. The predicted octanol–water partition coefficient (Wildman–Crippen LogP) is 2.41. The number of aliphatic hydroxyl groups excluding tert-OH is 1. The Morgan fingerprint density at radius 2 is 1.94 bits per heavy atom. The number of nitrogens with zero attached hydrogens (tertiary/aromatic N) is 1. The van der Waals surface area contributed by atoms with Crippen LogP contribution in [0.15, 0.2) is 22.6 Å². The Bertz CT molecular complexity index is 968. The van der Waals surface area contributed by atoms with Crippen LogP contribution in [0, 0.1) is 0 Å². The zero-order valence-electron chi connectivity index (χ0n) is 16.0. The number of carbonyl (C=O) groups is 1. The van der Waals surface area contributed by atoms with Gasteiger partial charge in [-0.15, -0.1) is 0 Å². The maximum absolute atomic E-state index is 15.0. The van der Waals surface area contributed by atoms with Gasteiger partial charge in [0, 0.05) is 18.5 Å². The molecule has 1 fully saturated rings. The number of hydrogen-bond donors (Lipinski definition) is 2. The standard InChI is InChI=1S/C19H19F5N2O5/c20-18(21,14-8-29-11(6-27)7-30-14)9-26-4-3-25-17(28)16-15(26)12-5-10(19(22,23)24)1-2-13(12)31-16/h1-2,5,11,14,27H,3-4,6-9H2,(H,25,28)/t11-,14?/m0/s1. The van der Waals surface area contributed by atoms with Gasteiger partial charge in [-0.05, 0) is 18.2 Å². The molecule has 0 bridgehead atoms. The molecule has 7 nitrogen and oxygen atoms in total. The van der Waals surface area contributed by atoms with Crippen molar-refractivity contribution in [3.63, 3.8) is 0 Å². The minimum absolute atomic E-state index is 0.00578. The topological polar surface area (TPSA) is 84.2 Å². The molecule has 1 saturated heterocycles. The zero-order valence-corrected chi connectivity index (χ0v) is 16.0. The molecular weight excluding hydrogens is 431 g/mol. The van der Waals surface area contributed by atoms with Crippen LogP contribution in [0.4, 0.5) is 27.6 Å². The highest BCUT2D eigenvalue weighted by Crippen LogP contribution is 2.40. The van der Waals surface area contributed by atoms with E-state index in [2.05, 4.69) is 5.32 Å². The number of furan rings is 1. The summed E-state index contributed by atoms with van der Waals surface area (Å²) in [6.07, 6.45) is -6.97. The van der Waals surface area contributed by atoms with Gasteiger partial charge >= 0.3 is 6.18 Å². The minimum atomic E-state index is -4.66. The Morgan fingerprint density at radius 3 is 2.58 bits per heavy atom. The van der Waals surface area contributed by atoms with Crippen molar-refractivity contribution in [1.82, 2.24) is 5.32 Å². The number of carbonyl (C=O) groups excluding carboxylic acids is 1. The minimum Gasteiger partial charge on any atom is -0.449 e. The molecule has 170 valence electrons. The fourth-order valence-electron chi connectivity index (χ4n) is 3.63. The van der Waals surface area contributed by atoms with Crippen LogP contribution in [0.2, 0.25) is 0 Å². The van der Waals surface area contributed by atoms with Crippen LogP contribution < -0.4 is 10.2 Å². The number of benzene rings is 1. The van der Waals surface area contributed by atoms with E-state index in [0.29, 0.717) is 0 Å². The molecule has 3 heterocycles. The number of amides is 1. The van der Waals surface area contributed by atoms with Gasteiger partial charge in [0.2, 0.25) is 5.76 Å². The Labute approximate surface area is 172 Å². The SMILES string of the molecule is O=C1NCCN(CC(F)(F)C2CO[C@@H](CO)CO2)c2c1oc1ccc(C(F)(F)F)cc21. The third-order valence-corrected chi connectivity index (χ3v) is 5.22.